The van der Waals surface area contributed by atoms with Gasteiger partial charge in [0.15, 0.2) is 0 Å². The summed E-state index contributed by atoms with van der Waals surface area (Å²) in [4.78, 5) is 11.3. The number of ether oxygens (including phenoxy) is 1. The maximum absolute atomic E-state index is 11.3. The fraction of sp³-hybridized carbons (Fsp3) is 0.562. The number of hydrogen-bond acceptors (Lipinski definition) is 3. The van der Waals surface area contributed by atoms with E-state index >= 15 is 0 Å². The zero-order valence-corrected chi connectivity index (χ0v) is 12.4. The third-order valence-corrected chi connectivity index (χ3v) is 3.55. The van der Waals surface area contributed by atoms with Crippen molar-refractivity contribution in [3.05, 3.63) is 23.8 Å². The summed E-state index contributed by atoms with van der Waals surface area (Å²) in [5.74, 6) is 0.986. The minimum Gasteiger partial charge on any atom is -0.492 e. The molecule has 4 nitrogen and oxygen atoms in total. The zero-order valence-electron chi connectivity index (χ0n) is 12.4. The third-order valence-electron chi connectivity index (χ3n) is 3.55. The Bertz CT molecular complexity index is 454. The molecule has 2 rings (SSSR count). The predicted octanol–water partition coefficient (Wildman–Crippen LogP) is 2.73. The molecule has 0 saturated carbocycles. The van der Waals surface area contributed by atoms with Crippen LogP contribution < -0.4 is 15.4 Å². The highest BCUT2D eigenvalue weighted by molar-refractivity contribution is 5.93. The molecule has 1 amide bonds. The van der Waals surface area contributed by atoms with Crippen LogP contribution in [0.15, 0.2) is 18.2 Å². The highest BCUT2D eigenvalue weighted by Crippen LogP contribution is 2.26. The molecule has 4 heteroatoms. The molecule has 0 bridgehead atoms. The number of carbonyl (C=O) groups is 1. The molecule has 0 spiro atoms. The van der Waals surface area contributed by atoms with Crippen molar-refractivity contribution < 1.29 is 9.53 Å². The van der Waals surface area contributed by atoms with Gasteiger partial charge in [-0.3, -0.25) is 4.79 Å². The van der Waals surface area contributed by atoms with Crippen LogP contribution in [0.4, 0.5) is 5.69 Å². The molecule has 1 aliphatic heterocycles. The van der Waals surface area contributed by atoms with Crippen LogP contribution in [0.25, 0.3) is 0 Å². The lowest BCUT2D eigenvalue weighted by Gasteiger charge is -2.20. The van der Waals surface area contributed by atoms with Crippen LogP contribution >= 0.6 is 0 Å². The molecular weight excluding hydrogens is 252 g/mol. The second-order valence-corrected chi connectivity index (χ2v) is 5.22. The third kappa shape index (κ3) is 3.97. The van der Waals surface area contributed by atoms with Gasteiger partial charge in [0.25, 0.3) is 0 Å². The number of aryl methyl sites for hydroxylation is 1. The molecule has 110 valence electrons. The van der Waals surface area contributed by atoms with Crippen LogP contribution in [-0.2, 0) is 11.2 Å². The molecule has 1 aliphatic rings. The van der Waals surface area contributed by atoms with Gasteiger partial charge in [-0.05, 0) is 43.1 Å². The first-order valence-electron chi connectivity index (χ1n) is 7.52. The van der Waals surface area contributed by atoms with Gasteiger partial charge in [-0.1, -0.05) is 20.3 Å². The summed E-state index contributed by atoms with van der Waals surface area (Å²) in [6, 6.07) is 6.31. The van der Waals surface area contributed by atoms with Crippen molar-refractivity contribution in [3.63, 3.8) is 0 Å². The molecule has 0 aromatic heterocycles. The van der Waals surface area contributed by atoms with Crippen LogP contribution in [-0.4, -0.2) is 25.1 Å². The monoisotopic (exact) mass is 276 g/mol. The van der Waals surface area contributed by atoms with E-state index in [2.05, 4.69) is 24.5 Å². The van der Waals surface area contributed by atoms with Gasteiger partial charge in [-0.15, -0.1) is 0 Å². The van der Waals surface area contributed by atoms with Crippen LogP contribution in [0.3, 0.4) is 0 Å². The number of benzene rings is 1. The van der Waals surface area contributed by atoms with Crippen molar-refractivity contribution in [1.29, 1.82) is 0 Å². The van der Waals surface area contributed by atoms with E-state index in [-0.39, 0.29) is 5.91 Å². The molecule has 0 fully saturated rings. The van der Waals surface area contributed by atoms with E-state index in [1.165, 1.54) is 0 Å². The SMILES string of the molecule is CCCC(COc1ccc2c(c1)CCC(=O)N2)NCC. The maximum atomic E-state index is 11.3. The van der Waals surface area contributed by atoms with Gasteiger partial charge >= 0.3 is 0 Å². The van der Waals surface area contributed by atoms with Crippen LogP contribution in [0.2, 0.25) is 0 Å². The summed E-state index contributed by atoms with van der Waals surface area (Å²) in [5.41, 5.74) is 2.09. The normalized spacial score (nSPS) is 15.4. The summed E-state index contributed by atoms with van der Waals surface area (Å²) in [7, 11) is 0. The number of carbonyl (C=O) groups excluding carboxylic acids is 1. The number of nitrogens with one attached hydrogen (secondary N) is 2. The second kappa shape index (κ2) is 7.29. The van der Waals surface area contributed by atoms with E-state index in [9.17, 15) is 4.79 Å². The molecule has 0 radical (unpaired) electrons. The first kappa shape index (κ1) is 14.9. The van der Waals surface area contributed by atoms with Gasteiger partial charge in [-0.2, -0.15) is 0 Å². The lowest BCUT2D eigenvalue weighted by Crippen LogP contribution is -2.34. The molecule has 20 heavy (non-hydrogen) atoms. The second-order valence-electron chi connectivity index (χ2n) is 5.22. The van der Waals surface area contributed by atoms with E-state index in [1.807, 2.05) is 18.2 Å². The van der Waals surface area contributed by atoms with E-state index in [4.69, 9.17) is 4.74 Å². The van der Waals surface area contributed by atoms with Crippen LogP contribution in [0.5, 0.6) is 5.75 Å². The number of likely N-dealkylation sites (N-methyl/N-ethyl adjacent to an activating group) is 1. The summed E-state index contributed by atoms with van der Waals surface area (Å²) in [6.45, 7) is 5.95. The lowest BCUT2D eigenvalue weighted by molar-refractivity contribution is -0.116. The highest BCUT2D eigenvalue weighted by atomic mass is 16.5. The van der Waals surface area contributed by atoms with Crippen LogP contribution in [0.1, 0.15) is 38.7 Å². The van der Waals surface area contributed by atoms with Gasteiger partial charge in [0.2, 0.25) is 5.91 Å². The first-order valence-corrected chi connectivity index (χ1v) is 7.52. The standard InChI is InChI=1S/C16H24N2O2/c1-3-5-13(17-4-2)11-20-14-7-8-15-12(10-14)6-9-16(19)18-15/h7-8,10,13,17H,3-6,9,11H2,1-2H3,(H,18,19). The van der Waals surface area contributed by atoms with Gasteiger partial charge in [-0.25, -0.2) is 0 Å². The highest BCUT2D eigenvalue weighted by Gasteiger charge is 2.15. The van der Waals surface area contributed by atoms with Crippen molar-refractivity contribution in [2.24, 2.45) is 0 Å². The van der Waals surface area contributed by atoms with Gasteiger partial charge < -0.3 is 15.4 Å². The fourth-order valence-corrected chi connectivity index (χ4v) is 2.53. The first-order chi connectivity index (χ1) is 9.72. The largest absolute Gasteiger partial charge is 0.492 e. The van der Waals surface area contributed by atoms with E-state index in [0.29, 0.717) is 19.1 Å². The summed E-state index contributed by atoms with van der Waals surface area (Å²) < 4.78 is 5.89. The fourth-order valence-electron chi connectivity index (χ4n) is 2.53. The number of anilines is 1. The average Bonchev–Trinajstić information content (AvgIpc) is 2.45. The summed E-state index contributed by atoms with van der Waals surface area (Å²) in [6.07, 6.45) is 3.63. The topological polar surface area (TPSA) is 50.4 Å². The van der Waals surface area contributed by atoms with Crippen molar-refractivity contribution in [1.82, 2.24) is 5.32 Å². The zero-order chi connectivity index (χ0) is 14.4. The molecule has 0 aliphatic carbocycles. The Kier molecular flexibility index (Phi) is 5.41. The molecule has 1 aromatic rings. The molecule has 1 atom stereocenters. The Morgan fingerprint density at radius 1 is 1.35 bits per heavy atom. The maximum Gasteiger partial charge on any atom is 0.224 e. The molecule has 1 aromatic carbocycles. The number of amides is 1. The number of fused-ring (bicyclic) bond motifs is 1. The molecule has 2 N–H and O–H groups in total. The lowest BCUT2D eigenvalue weighted by atomic mass is 10.0. The molecular formula is C16H24N2O2. The smallest absolute Gasteiger partial charge is 0.224 e. The summed E-state index contributed by atoms with van der Waals surface area (Å²) in [5, 5.41) is 6.33. The molecule has 1 unspecified atom stereocenters. The van der Waals surface area contributed by atoms with Gasteiger partial charge in [0, 0.05) is 18.2 Å². The van der Waals surface area contributed by atoms with E-state index in [1.54, 1.807) is 0 Å². The minimum absolute atomic E-state index is 0.0984. The minimum atomic E-state index is 0.0984. The number of hydrogen-bond donors (Lipinski definition) is 2. The van der Waals surface area contributed by atoms with Crippen LogP contribution in [0, 0.1) is 0 Å². The Hall–Kier alpha value is -1.55. The van der Waals surface area contributed by atoms with Crippen molar-refractivity contribution in [2.75, 3.05) is 18.5 Å². The number of rotatable bonds is 7. The van der Waals surface area contributed by atoms with Crippen molar-refractivity contribution in [2.45, 2.75) is 45.6 Å². The Balaban J connectivity index is 1.94. The Labute approximate surface area is 120 Å². The molecule has 1 heterocycles. The van der Waals surface area contributed by atoms with Gasteiger partial charge in [0.1, 0.15) is 12.4 Å². The average molecular weight is 276 g/mol. The summed E-state index contributed by atoms with van der Waals surface area (Å²) >= 11 is 0. The predicted molar refractivity (Wildman–Crippen MR) is 81.3 cm³/mol. The quantitative estimate of drug-likeness (QED) is 0.805. The Morgan fingerprint density at radius 2 is 2.20 bits per heavy atom. The van der Waals surface area contributed by atoms with Crippen molar-refractivity contribution in [3.8, 4) is 5.75 Å². The Morgan fingerprint density at radius 3 is 2.95 bits per heavy atom. The van der Waals surface area contributed by atoms with Crippen molar-refractivity contribution >= 4 is 11.6 Å². The van der Waals surface area contributed by atoms with E-state index < -0.39 is 0 Å². The van der Waals surface area contributed by atoms with Gasteiger partial charge in [0.05, 0.1) is 0 Å². The van der Waals surface area contributed by atoms with E-state index in [0.717, 1.165) is 42.8 Å². The molecule has 0 saturated heterocycles.